The molecule has 7 heteroatoms. The van der Waals surface area contributed by atoms with E-state index < -0.39 is 5.91 Å². The van der Waals surface area contributed by atoms with Gasteiger partial charge in [-0.05, 0) is 31.5 Å². The summed E-state index contributed by atoms with van der Waals surface area (Å²) in [6.45, 7) is 4.27. The maximum atomic E-state index is 11.6. The van der Waals surface area contributed by atoms with E-state index in [1.54, 1.807) is 24.3 Å². The summed E-state index contributed by atoms with van der Waals surface area (Å²) in [6.07, 6.45) is 0.225. The van der Waals surface area contributed by atoms with E-state index in [-0.39, 0.29) is 37.5 Å². The number of hydrogen-bond donors (Lipinski definition) is 4. The monoisotopic (exact) mass is 306 g/mol. The highest BCUT2D eigenvalue weighted by Crippen LogP contribution is 2.04. The maximum absolute atomic E-state index is 11.6. The molecule has 0 atom stereocenters. The van der Waals surface area contributed by atoms with Crippen LogP contribution in [-0.2, 0) is 11.3 Å². The van der Waals surface area contributed by atoms with Crippen molar-refractivity contribution in [3.05, 3.63) is 35.4 Å². The van der Waals surface area contributed by atoms with Gasteiger partial charge in [0.1, 0.15) is 0 Å². The van der Waals surface area contributed by atoms with E-state index in [1.165, 1.54) is 0 Å². The molecule has 0 bridgehead atoms. The molecule has 0 aliphatic carbocycles. The number of urea groups is 1. The van der Waals surface area contributed by atoms with Gasteiger partial charge in [-0.3, -0.25) is 9.59 Å². The third-order valence-corrected chi connectivity index (χ3v) is 2.75. The zero-order valence-corrected chi connectivity index (χ0v) is 12.8. The van der Waals surface area contributed by atoms with E-state index >= 15 is 0 Å². The van der Waals surface area contributed by atoms with E-state index in [4.69, 9.17) is 5.73 Å². The Balaban J connectivity index is 2.30. The van der Waals surface area contributed by atoms with Crippen LogP contribution < -0.4 is 21.7 Å². The molecule has 22 heavy (non-hydrogen) atoms. The van der Waals surface area contributed by atoms with Crippen molar-refractivity contribution in [3.63, 3.8) is 0 Å². The second kappa shape index (κ2) is 8.66. The van der Waals surface area contributed by atoms with Gasteiger partial charge < -0.3 is 21.7 Å². The van der Waals surface area contributed by atoms with Gasteiger partial charge in [-0.2, -0.15) is 0 Å². The highest BCUT2D eigenvalue weighted by atomic mass is 16.2. The summed E-state index contributed by atoms with van der Waals surface area (Å²) in [5.41, 5.74) is 6.35. The average molecular weight is 306 g/mol. The fourth-order valence-electron chi connectivity index (χ4n) is 1.76. The molecule has 1 aromatic carbocycles. The fraction of sp³-hybridized carbons (Fsp3) is 0.400. The van der Waals surface area contributed by atoms with Crippen LogP contribution in [0.15, 0.2) is 24.3 Å². The first kappa shape index (κ1) is 17.5. The van der Waals surface area contributed by atoms with Gasteiger partial charge in [-0.25, -0.2) is 4.79 Å². The summed E-state index contributed by atoms with van der Waals surface area (Å²) in [4.78, 5) is 34.0. The minimum atomic E-state index is -0.512. The number of nitrogens with one attached hydrogen (secondary N) is 3. The molecule has 0 unspecified atom stereocenters. The minimum Gasteiger partial charge on any atom is -0.366 e. The lowest BCUT2D eigenvalue weighted by Crippen LogP contribution is -2.38. The number of carbonyl (C=O) groups excluding carboxylic acids is 3. The lowest BCUT2D eigenvalue weighted by molar-refractivity contribution is -0.121. The van der Waals surface area contributed by atoms with Crippen molar-refractivity contribution in [2.45, 2.75) is 32.9 Å². The summed E-state index contributed by atoms with van der Waals surface area (Å²) in [6, 6.07) is 6.42. The Morgan fingerprint density at radius 2 is 1.91 bits per heavy atom. The molecular weight excluding hydrogens is 284 g/mol. The molecule has 4 amide bonds. The highest BCUT2D eigenvalue weighted by Gasteiger charge is 2.06. The van der Waals surface area contributed by atoms with E-state index in [9.17, 15) is 14.4 Å². The van der Waals surface area contributed by atoms with Crippen LogP contribution in [-0.4, -0.2) is 30.4 Å². The molecule has 5 N–H and O–H groups in total. The molecule has 0 aliphatic rings. The van der Waals surface area contributed by atoms with Crippen LogP contribution >= 0.6 is 0 Å². The van der Waals surface area contributed by atoms with Crippen LogP contribution in [0.5, 0.6) is 0 Å². The Morgan fingerprint density at radius 1 is 1.18 bits per heavy atom. The predicted molar refractivity (Wildman–Crippen MR) is 83.1 cm³/mol. The summed E-state index contributed by atoms with van der Waals surface area (Å²) in [5, 5.41) is 7.97. The highest BCUT2D eigenvalue weighted by molar-refractivity contribution is 5.92. The molecule has 0 radical (unpaired) electrons. The quantitative estimate of drug-likeness (QED) is 0.588. The maximum Gasteiger partial charge on any atom is 0.315 e. The molecule has 120 valence electrons. The summed E-state index contributed by atoms with van der Waals surface area (Å²) >= 11 is 0. The molecule has 0 aliphatic heterocycles. The van der Waals surface area contributed by atoms with Gasteiger partial charge in [0.2, 0.25) is 11.8 Å². The number of amides is 4. The SMILES string of the molecule is CC(C)NC(=O)CCNC(=O)NCc1cccc(C(N)=O)c1. The van der Waals surface area contributed by atoms with Crippen LogP contribution in [0.4, 0.5) is 4.79 Å². The van der Waals surface area contributed by atoms with Crippen LogP contribution in [0.1, 0.15) is 36.2 Å². The van der Waals surface area contributed by atoms with Gasteiger partial charge in [-0.15, -0.1) is 0 Å². The number of rotatable bonds is 7. The van der Waals surface area contributed by atoms with Gasteiger partial charge >= 0.3 is 6.03 Å². The van der Waals surface area contributed by atoms with E-state index in [2.05, 4.69) is 16.0 Å². The average Bonchev–Trinajstić information content (AvgIpc) is 2.44. The molecule has 0 fully saturated rings. The Hall–Kier alpha value is -2.57. The van der Waals surface area contributed by atoms with Crippen LogP contribution in [0, 0.1) is 0 Å². The molecule has 1 aromatic rings. The van der Waals surface area contributed by atoms with Gasteiger partial charge in [0.05, 0.1) is 0 Å². The Kier molecular flexibility index (Phi) is 6.88. The molecule has 0 aromatic heterocycles. The number of nitrogens with two attached hydrogens (primary N) is 1. The largest absolute Gasteiger partial charge is 0.366 e. The minimum absolute atomic E-state index is 0.0823. The first-order chi connectivity index (χ1) is 10.4. The zero-order chi connectivity index (χ0) is 16.5. The molecule has 0 heterocycles. The second-order valence-corrected chi connectivity index (χ2v) is 5.15. The number of primary amides is 1. The standard InChI is InChI=1S/C15H22N4O3/c1-10(2)19-13(20)6-7-17-15(22)18-9-11-4-3-5-12(8-11)14(16)21/h3-5,8,10H,6-7,9H2,1-2H3,(H2,16,21)(H,19,20)(H2,17,18,22). The Labute approximate surface area is 129 Å². The smallest absolute Gasteiger partial charge is 0.315 e. The van der Waals surface area contributed by atoms with Crippen molar-refractivity contribution in [3.8, 4) is 0 Å². The normalized spacial score (nSPS) is 10.1. The summed E-state index contributed by atoms with van der Waals surface area (Å²) < 4.78 is 0. The topological polar surface area (TPSA) is 113 Å². The van der Waals surface area contributed by atoms with Crippen molar-refractivity contribution >= 4 is 17.8 Å². The number of hydrogen-bond acceptors (Lipinski definition) is 3. The molecule has 7 nitrogen and oxygen atoms in total. The molecule has 0 saturated heterocycles. The van der Waals surface area contributed by atoms with E-state index in [0.29, 0.717) is 5.56 Å². The third kappa shape index (κ3) is 6.74. The fourth-order valence-corrected chi connectivity index (χ4v) is 1.76. The van der Waals surface area contributed by atoms with Crippen LogP contribution in [0.2, 0.25) is 0 Å². The first-order valence-electron chi connectivity index (χ1n) is 7.08. The molecular formula is C15H22N4O3. The van der Waals surface area contributed by atoms with Crippen molar-refractivity contribution in [1.29, 1.82) is 0 Å². The van der Waals surface area contributed by atoms with Crippen molar-refractivity contribution in [1.82, 2.24) is 16.0 Å². The van der Waals surface area contributed by atoms with E-state index in [0.717, 1.165) is 5.56 Å². The Morgan fingerprint density at radius 3 is 2.55 bits per heavy atom. The lowest BCUT2D eigenvalue weighted by atomic mass is 10.1. The predicted octanol–water partition coefficient (Wildman–Crippen LogP) is 0.499. The lowest BCUT2D eigenvalue weighted by Gasteiger charge is -2.10. The Bertz CT molecular complexity index is 543. The summed E-state index contributed by atoms with van der Waals surface area (Å²) in [7, 11) is 0. The van der Waals surface area contributed by atoms with Gasteiger partial charge in [0.25, 0.3) is 0 Å². The van der Waals surface area contributed by atoms with Gasteiger partial charge in [-0.1, -0.05) is 12.1 Å². The molecule has 0 spiro atoms. The number of benzene rings is 1. The molecule has 1 rings (SSSR count). The first-order valence-corrected chi connectivity index (χ1v) is 7.08. The van der Waals surface area contributed by atoms with Crippen molar-refractivity contribution < 1.29 is 14.4 Å². The van der Waals surface area contributed by atoms with Crippen molar-refractivity contribution in [2.75, 3.05) is 6.54 Å². The van der Waals surface area contributed by atoms with Crippen molar-refractivity contribution in [2.24, 2.45) is 5.73 Å². The summed E-state index contributed by atoms with van der Waals surface area (Å²) in [5.74, 6) is -0.619. The van der Waals surface area contributed by atoms with E-state index in [1.807, 2.05) is 13.8 Å². The zero-order valence-electron chi connectivity index (χ0n) is 12.8. The van der Waals surface area contributed by atoms with Crippen LogP contribution in [0.3, 0.4) is 0 Å². The second-order valence-electron chi connectivity index (χ2n) is 5.15. The molecule has 0 saturated carbocycles. The third-order valence-electron chi connectivity index (χ3n) is 2.75. The van der Waals surface area contributed by atoms with Crippen LogP contribution in [0.25, 0.3) is 0 Å². The van der Waals surface area contributed by atoms with Gasteiger partial charge in [0, 0.05) is 31.1 Å². The number of carbonyl (C=O) groups is 3. The van der Waals surface area contributed by atoms with Gasteiger partial charge in [0.15, 0.2) is 0 Å².